The van der Waals surface area contributed by atoms with Crippen molar-refractivity contribution in [3.8, 4) is 0 Å². The van der Waals surface area contributed by atoms with Crippen LogP contribution in [0.1, 0.15) is 37.2 Å². The van der Waals surface area contributed by atoms with Crippen molar-refractivity contribution in [2.45, 2.75) is 46.1 Å². The molecule has 1 aliphatic rings. The van der Waals surface area contributed by atoms with Gasteiger partial charge in [-0.3, -0.25) is 0 Å². The predicted molar refractivity (Wildman–Crippen MR) is 73.8 cm³/mol. The molecule has 0 aromatic carbocycles. The Morgan fingerprint density at radius 1 is 1.22 bits per heavy atom. The van der Waals surface area contributed by atoms with Gasteiger partial charge in [0, 0.05) is 19.1 Å². The molecule has 0 radical (unpaired) electrons. The highest BCUT2D eigenvalue weighted by molar-refractivity contribution is 5.33. The first-order valence-electron chi connectivity index (χ1n) is 6.51. The predicted octanol–water partition coefficient (Wildman–Crippen LogP) is 3.98. The summed E-state index contributed by atoms with van der Waals surface area (Å²) in [6, 6.07) is 0. The summed E-state index contributed by atoms with van der Waals surface area (Å²) in [5.74, 6) is 1.10. The van der Waals surface area contributed by atoms with E-state index in [0.29, 0.717) is 0 Å². The molecule has 2 nitrogen and oxygen atoms in total. The minimum Gasteiger partial charge on any atom is -0.468 e. The van der Waals surface area contributed by atoms with E-state index in [2.05, 4.69) is 32.9 Å². The molecule has 0 bridgehead atoms. The molecule has 1 unspecified atom stereocenters. The van der Waals surface area contributed by atoms with Gasteiger partial charge in [-0.15, -0.1) is 0 Å². The molecule has 0 spiro atoms. The molecule has 1 atom stereocenters. The number of allylic oxidation sites excluding steroid dienone is 2. The molecule has 18 heavy (non-hydrogen) atoms. The fourth-order valence-electron chi connectivity index (χ4n) is 2.46. The molecule has 0 saturated heterocycles. The lowest BCUT2D eigenvalue weighted by molar-refractivity contribution is 0.140. The molecule has 1 aromatic rings. The quantitative estimate of drug-likeness (QED) is 0.699. The number of rotatable bonds is 1. The zero-order chi connectivity index (χ0) is 13.1. The molecular formula is C16H22O2. The molecule has 0 fully saturated rings. The summed E-state index contributed by atoms with van der Waals surface area (Å²) in [5, 5.41) is 0. The Morgan fingerprint density at radius 3 is 2.72 bits per heavy atom. The minimum atomic E-state index is 0.179. The number of hydrogen-bond donors (Lipinski definition) is 0. The van der Waals surface area contributed by atoms with E-state index >= 15 is 0 Å². The summed E-state index contributed by atoms with van der Waals surface area (Å²) in [6.45, 7) is 6.44. The van der Waals surface area contributed by atoms with Gasteiger partial charge in [0.25, 0.3) is 0 Å². The molecule has 2 rings (SSSR count). The second kappa shape index (κ2) is 5.57. The lowest BCUT2D eigenvalue weighted by Crippen LogP contribution is -2.10. The van der Waals surface area contributed by atoms with Crippen LogP contribution in [0.2, 0.25) is 0 Å². The van der Waals surface area contributed by atoms with Crippen molar-refractivity contribution >= 4 is 0 Å². The van der Waals surface area contributed by atoms with Gasteiger partial charge in [-0.1, -0.05) is 23.3 Å². The highest BCUT2D eigenvalue weighted by Gasteiger charge is 2.14. The van der Waals surface area contributed by atoms with Crippen molar-refractivity contribution in [3.05, 3.63) is 46.4 Å². The first-order valence-corrected chi connectivity index (χ1v) is 6.51. The van der Waals surface area contributed by atoms with Gasteiger partial charge in [0.05, 0.1) is 12.4 Å². The van der Waals surface area contributed by atoms with Gasteiger partial charge >= 0.3 is 0 Å². The van der Waals surface area contributed by atoms with Gasteiger partial charge in [0.1, 0.15) is 5.76 Å². The van der Waals surface area contributed by atoms with Gasteiger partial charge in [-0.05, 0) is 39.2 Å². The smallest absolute Gasteiger partial charge is 0.111 e. The van der Waals surface area contributed by atoms with E-state index in [9.17, 15) is 0 Å². The lowest BCUT2D eigenvalue weighted by Gasteiger charge is -2.15. The number of methoxy groups -OCH3 is 1. The van der Waals surface area contributed by atoms with E-state index in [-0.39, 0.29) is 6.10 Å². The number of hydrogen-bond acceptors (Lipinski definition) is 2. The fourth-order valence-corrected chi connectivity index (χ4v) is 2.46. The second-order valence-electron chi connectivity index (χ2n) is 5.24. The van der Waals surface area contributed by atoms with E-state index < -0.39 is 0 Å². The summed E-state index contributed by atoms with van der Waals surface area (Å²) in [4.78, 5) is 0. The van der Waals surface area contributed by atoms with Gasteiger partial charge in [0.15, 0.2) is 0 Å². The molecular weight excluding hydrogens is 224 g/mol. The Morgan fingerprint density at radius 2 is 2.00 bits per heavy atom. The SMILES string of the molecule is COC1/C=C(/C)Cc2occ(C)c2C/C=C(/C)C1. The Kier molecular flexibility index (Phi) is 4.07. The molecule has 0 saturated carbocycles. The topological polar surface area (TPSA) is 22.4 Å². The van der Waals surface area contributed by atoms with Crippen molar-refractivity contribution in [1.82, 2.24) is 0 Å². The monoisotopic (exact) mass is 246 g/mol. The summed E-state index contributed by atoms with van der Waals surface area (Å²) in [6.07, 6.45) is 9.38. The van der Waals surface area contributed by atoms with Crippen molar-refractivity contribution in [3.63, 3.8) is 0 Å². The maximum absolute atomic E-state index is 5.68. The largest absolute Gasteiger partial charge is 0.468 e. The van der Waals surface area contributed by atoms with Crippen LogP contribution in [-0.2, 0) is 17.6 Å². The third-order valence-electron chi connectivity index (χ3n) is 3.58. The first kappa shape index (κ1) is 13.2. The molecule has 0 aliphatic heterocycles. The zero-order valence-corrected chi connectivity index (χ0v) is 11.7. The van der Waals surface area contributed by atoms with E-state index in [1.54, 1.807) is 7.11 Å². The summed E-state index contributed by atoms with van der Waals surface area (Å²) < 4.78 is 11.2. The van der Waals surface area contributed by atoms with Crippen LogP contribution >= 0.6 is 0 Å². The van der Waals surface area contributed by atoms with Crippen LogP contribution < -0.4 is 0 Å². The number of furan rings is 1. The van der Waals surface area contributed by atoms with E-state index in [4.69, 9.17) is 9.15 Å². The Hall–Kier alpha value is -1.28. The van der Waals surface area contributed by atoms with Crippen LogP contribution in [0.4, 0.5) is 0 Å². The first-order chi connectivity index (χ1) is 8.60. The van der Waals surface area contributed by atoms with Crippen molar-refractivity contribution < 1.29 is 9.15 Å². The Labute approximate surface area is 109 Å². The molecule has 2 heteroatoms. The van der Waals surface area contributed by atoms with Crippen LogP contribution in [-0.4, -0.2) is 13.2 Å². The van der Waals surface area contributed by atoms with Crippen molar-refractivity contribution in [2.75, 3.05) is 7.11 Å². The average Bonchev–Trinajstić information content (AvgIpc) is 2.66. The fraction of sp³-hybridized carbons (Fsp3) is 0.500. The maximum Gasteiger partial charge on any atom is 0.111 e. The maximum atomic E-state index is 5.68. The highest BCUT2D eigenvalue weighted by Crippen LogP contribution is 2.24. The normalized spacial score (nSPS) is 26.8. The van der Waals surface area contributed by atoms with Gasteiger partial charge in [0.2, 0.25) is 0 Å². The van der Waals surface area contributed by atoms with Crippen LogP contribution in [0.25, 0.3) is 0 Å². The van der Waals surface area contributed by atoms with Gasteiger partial charge in [-0.25, -0.2) is 0 Å². The Bertz CT molecular complexity index is 477. The molecule has 1 heterocycles. The molecule has 0 amide bonds. The minimum absolute atomic E-state index is 0.179. The molecule has 1 aliphatic carbocycles. The summed E-state index contributed by atoms with van der Waals surface area (Å²) in [5.41, 5.74) is 5.29. The summed E-state index contributed by atoms with van der Waals surface area (Å²) in [7, 11) is 1.77. The molecule has 1 aromatic heterocycles. The highest BCUT2D eigenvalue weighted by atomic mass is 16.5. The lowest BCUT2D eigenvalue weighted by atomic mass is 9.97. The second-order valence-corrected chi connectivity index (χ2v) is 5.24. The van der Waals surface area contributed by atoms with Gasteiger partial charge in [-0.2, -0.15) is 0 Å². The van der Waals surface area contributed by atoms with Crippen LogP contribution in [0.3, 0.4) is 0 Å². The number of ether oxygens (including phenoxy) is 1. The van der Waals surface area contributed by atoms with Crippen LogP contribution in [0, 0.1) is 6.92 Å². The Balaban J connectivity index is 2.37. The standard InChI is InChI=1S/C16H22O2/c1-11-5-6-15-13(3)10-18-16(15)9-12(2)8-14(7-11)17-4/h5,8,10,14H,6-7,9H2,1-4H3/b11-5-,12-8-. The van der Waals surface area contributed by atoms with Crippen molar-refractivity contribution in [2.24, 2.45) is 0 Å². The van der Waals surface area contributed by atoms with Crippen LogP contribution in [0.5, 0.6) is 0 Å². The molecule has 0 N–H and O–H groups in total. The third-order valence-corrected chi connectivity index (χ3v) is 3.58. The van der Waals surface area contributed by atoms with Crippen molar-refractivity contribution in [1.29, 1.82) is 0 Å². The van der Waals surface area contributed by atoms with E-state index in [1.165, 1.54) is 22.3 Å². The van der Waals surface area contributed by atoms with E-state index in [1.807, 2.05) is 6.26 Å². The van der Waals surface area contributed by atoms with E-state index in [0.717, 1.165) is 25.0 Å². The number of aryl methyl sites for hydroxylation is 1. The number of fused-ring (bicyclic) bond motifs is 1. The van der Waals surface area contributed by atoms with Crippen LogP contribution in [0.15, 0.2) is 34.0 Å². The zero-order valence-electron chi connectivity index (χ0n) is 11.7. The average molecular weight is 246 g/mol. The summed E-state index contributed by atoms with van der Waals surface area (Å²) >= 11 is 0. The third kappa shape index (κ3) is 2.94. The molecule has 98 valence electrons. The van der Waals surface area contributed by atoms with Gasteiger partial charge < -0.3 is 9.15 Å².